The van der Waals surface area contributed by atoms with Crippen LogP contribution in [0, 0.1) is 10.1 Å². The molecule has 120 valence electrons. The first-order chi connectivity index (χ1) is 10.5. The highest BCUT2D eigenvalue weighted by Crippen LogP contribution is 2.18. The van der Waals surface area contributed by atoms with Crippen LogP contribution in [0.4, 0.5) is 5.69 Å². The van der Waals surface area contributed by atoms with Crippen molar-refractivity contribution >= 4 is 11.5 Å². The second-order valence-electron chi connectivity index (χ2n) is 6.03. The lowest BCUT2D eigenvalue weighted by atomic mass is 9.91. The van der Waals surface area contributed by atoms with Gasteiger partial charge in [0.1, 0.15) is 0 Å². The number of benzene rings is 1. The number of Topliss-reactive ketones (excluding diaryl/α,β-unsaturated/α-hetero) is 1. The fraction of sp³-hybridized carbons (Fsp3) is 0.562. The van der Waals surface area contributed by atoms with Crippen molar-refractivity contribution in [3.8, 4) is 0 Å². The molecule has 1 N–H and O–H groups in total. The third-order valence-corrected chi connectivity index (χ3v) is 4.12. The largest absolute Gasteiger partial charge is 0.312 e. The van der Waals surface area contributed by atoms with E-state index < -0.39 is 4.92 Å². The predicted octanol–water partition coefficient (Wildman–Crippen LogP) is 1.78. The molecule has 22 heavy (non-hydrogen) atoms. The maximum atomic E-state index is 12.7. The van der Waals surface area contributed by atoms with Crippen molar-refractivity contribution in [2.45, 2.75) is 37.8 Å². The molecular weight excluding hydrogens is 282 g/mol. The summed E-state index contributed by atoms with van der Waals surface area (Å²) in [6.45, 7) is 0.944. The summed E-state index contributed by atoms with van der Waals surface area (Å²) in [6, 6.07) is 6.30. The number of nitrogens with one attached hydrogen (secondary N) is 1. The molecule has 1 aromatic rings. The highest BCUT2D eigenvalue weighted by Gasteiger charge is 2.30. The summed E-state index contributed by atoms with van der Waals surface area (Å²) < 4.78 is 0. The van der Waals surface area contributed by atoms with Gasteiger partial charge in [0.05, 0.1) is 11.0 Å². The van der Waals surface area contributed by atoms with E-state index in [1.165, 1.54) is 12.1 Å². The van der Waals surface area contributed by atoms with E-state index in [0.717, 1.165) is 25.8 Å². The average molecular weight is 305 g/mol. The SMILES string of the molecule is CN(C)C(C(=O)Cc1cccc([N+](=O)[O-])c1)C1CCCCN1. The molecular formula is C16H23N3O3. The van der Waals surface area contributed by atoms with Crippen molar-refractivity contribution in [3.63, 3.8) is 0 Å². The average Bonchev–Trinajstić information content (AvgIpc) is 2.48. The molecule has 2 atom stereocenters. The Kier molecular flexibility index (Phi) is 5.63. The molecule has 0 spiro atoms. The van der Waals surface area contributed by atoms with Gasteiger partial charge in [0.25, 0.3) is 5.69 Å². The van der Waals surface area contributed by atoms with Gasteiger partial charge in [-0.2, -0.15) is 0 Å². The molecule has 2 unspecified atom stereocenters. The highest BCUT2D eigenvalue weighted by atomic mass is 16.6. The number of non-ortho nitro benzene ring substituents is 1. The van der Waals surface area contributed by atoms with E-state index in [0.29, 0.717) is 5.56 Å². The van der Waals surface area contributed by atoms with Gasteiger partial charge in [-0.15, -0.1) is 0 Å². The first-order valence-electron chi connectivity index (χ1n) is 7.65. The van der Waals surface area contributed by atoms with Gasteiger partial charge in [0.15, 0.2) is 5.78 Å². The molecule has 0 radical (unpaired) electrons. The maximum absolute atomic E-state index is 12.7. The Labute approximate surface area is 130 Å². The van der Waals surface area contributed by atoms with E-state index in [9.17, 15) is 14.9 Å². The van der Waals surface area contributed by atoms with Crippen LogP contribution in [-0.4, -0.2) is 48.3 Å². The van der Waals surface area contributed by atoms with Crippen LogP contribution in [0.5, 0.6) is 0 Å². The van der Waals surface area contributed by atoms with E-state index in [1.54, 1.807) is 12.1 Å². The molecule has 1 saturated heterocycles. The quantitative estimate of drug-likeness (QED) is 0.640. The van der Waals surface area contributed by atoms with E-state index >= 15 is 0 Å². The van der Waals surface area contributed by atoms with Gasteiger partial charge in [-0.05, 0) is 39.0 Å². The third kappa shape index (κ3) is 4.11. The van der Waals surface area contributed by atoms with Gasteiger partial charge >= 0.3 is 0 Å². The highest BCUT2D eigenvalue weighted by molar-refractivity contribution is 5.87. The summed E-state index contributed by atoms with van der Waals surface area (Å²) in [5, 5.41) is 14.3. The molecule has 0 bridgehead atoms. The minimum atomic E-state index is -0.430. The third-order valence-electron chi connectivity index (χ3n) is 4.12. The Balaban J connectivity index is 2.10. The number of hydrogen-bond acceptors (Lipinski definition) is 5. The number of nitrogens with zero attached hydrogens (tertiary/aromatic N) is 2. The number of nitro groups is 1. The Morgan fingerprint density at radius 1 is 1.45 bits per heavy atom. The molecule has 2 rings (SSSR count). The van der Waals surface area contributed by atoms with Crippen LogP contribution in [-0.2, 0) is 11.2 Å². The fourth-order valence-electron chi connectivity index (χ4n) is 3.11. The zero-order valence-electron chi connectivity index (χ0n) is 13.1. The van der Waals surface area contributed by atoms with Gasteiger partial charge in [-0.25, -0.2) is 0 Å². The lowest BCUT2D eigenvalue weighted by Gasteiger charge is -2.34. The van der Waals surface area contributed by atoms with Crippen LogP contribution in [0.2, 0.25) is 0 Å². The Morgan fingerprint density at radius 2 is 2.23 bits per heavy atom. The normalized spacial score (nSPS) is 19.9. The summed E-state index contributed by atoms with van der Waals surface area (Å²) in [5.74, 6) is 0.102. The van der Waals surface area contributed by atoms with Gasteiger partial charge in [0.2, 0.25) is 0 Å². The number of nitro benzene ring substituents is 1. The zero-order chi connectivity index (χ0) is 16.1. The molecule has 6 heteroatoms. The van der Waals surface area contributed by atoms with E-state index in [4.69, 9.17) is 0 Å². The van der Waals surface area contributed by atoms with Crippen molar-refractivity contribution in [3.05, 3.63) is 39.9 Å². The molecule has 1 fully saturated rings. The molecule has 1 heterocycles. The molecule has 1 aliphatic heterocycles. The standard InChI is InChI=1S/C16H23N3O3/c1-18(2)16(14-8-3-4-9-17-14)15(20)11-12-6-5-7-13(10-12)19(21)22/h5-7,10,14,16-17H,3-4,8-9,11H2,1-2H3. The van der Waals surface area contributed by atoms with Crippen LogP contribution >= 0.6 is 0 Å². The first kappa shape index (κ1) is 16.6. The number of carbonyl (C=O) groups is 1. The minimum absolute atomic E-state index is 0.0301. The monoisotopic (exact) mass is 305 g/mol. The van der Waals surface area contributed by atoms with E-state index in [-0.39, 0.29) is 30.0 Å². The predicted molar refractivity (Wildman–Crippen MR) is 84.9 cm³/mol. The summed E-state index contributed by atoms with van der Waals surface area (Å²) in [5.41, 5.74) is 0.726. The van der Waals surface area contributed by atoms with Crippen LogP contribution in [0.3, 0.4) is 0 Å². The topological polar surface area (TPSA) is 75.5 Å². The smallest absolute Gasteiger partial charge is 0.269 e. The van der Waals surface area contributed by atoms with Crippen LogP contribution in [0.1, 0.15) is 24.8 Å². The lowest BCUT2D eigenvalue weighted by Crippen LogP contribution is -2.53. The second-order valence-corrected chi connectivity index (χ2v) is 6.03. The van der Waals surface area contributed by atoms with E-state index in [1.807, 2.05) is 19.0 Å². The van der Waals surface area contributed by atoms with Crippen molar-refractivity contribution in [2.75, 3.05) is 20.6 Å². The zero-order valence-corrected chi connectivity index (χ0v) is 13.1. The second kappa shape index (κ2) is 7.47. The number of ketones is 1. The number of carbonyl (C=O) groups excluding carboxylic acids is 1. The van der Waals surface area contributed by atoms with Crippen LogP contribution in [0.25, 0.3) is 0 Å². The molecule has 0 aliphatic carbocycles. The van der Waals surface area contributed by atoms with Crippen LogP contribution < -0.4 is 5.32 Å². The summed E-state index contributed by atoms with van der Waals surface area (Å²) >= 11 is 0. The van der Waals surface area contributed by atoms with Crippen molar-refractivity contribution in [2.24, 2.45) is 0 Å². The summed E-state index contributed by atoms with van der Waals surface area (Å²) in [7, 11) is 3.82. The van der Waals surface area contributed by atoms with E-state index in [2.05, 4.69) is 5.32 Å². The molecule has 0 aromatic heterocycles. The molecule has 0 saturated carbocycles. The molecule has 6 nitrogen and oxygen atoms in total. The van der Waals surface area contributed by atoms with Gasteiger partial charge < -0.3 is 5.32 Å². The first-order valence-corrected chi connectivity index (χ1v) is 7.65. The van der Waals surface area contributed by atoms with Gasteiger partial charge in [-0.1, -0.05) is 18.6 Å². The van der Waals surface area contributed by atoms with Crippen molar-refractivity contribution in [1.29, 1.82) is 0 Å². The number of hydrogen-bond donors (Lipinski definition) is 1. The Bertz CT molecular complexity index is 539. The summed E-state index contributed by atoms with van der Waals surface area (Å²) in [6.07, 6.45) is 3.49. The minimum Gasteiger partial charge on any atom is -0.312 e. The van der Waals surface area contributed by atoms with Crippen LogP contribution in [0.15, 0.2) is 24.3 Å². The fourth-order valence-corrected chi connectivity index (χ4v) is 3.11. The maximum Gasteiger partial charge on any atom is 0.269 e. The molecule has 1 aliphatic rings. The Hall–Kier alpha value is -1.79. The van der Waals surface area contributed by atoms with Gasteiger partial charge in [-0.3, -0.25) is 19.8 Å². The van der Waals surface area contributed by atoms with Crippen molar-refractivity contribution in [1.82, 2.24) is 10.2 Å². The number of piperidine rings is 1. The van der Waals surface area contributed by atoms with Crippen molar-refractivity contribution < 1.29 is 9.72 Å². The Morgan fingerprint density at radius 3 is 2.82 bits per heavy atom. The number of likely N-dealkylation sites (N-methyl/N-ethyl adjacent to an activating group) is 1. The van der Waals surface area contributed by atoms with Gasteiger partial charge in [0, 0.05) is 24.6 Å². The molecule has 1 aromatic carbocycles. The molecule has 0 amide bonds. The number of rotatable bonds is 6. The summed E-state index contributed by atoms with van der Waals surface area (Å²) in [4.78, 5) is 25.0. The lowest BCUT2D eigenvalue weighted by molar-refractivity contribution is -0.384.